The normalized spacial score (nSPS) is 19.9. The van der Waals surface area contributed by atoms with E-state index in [-0.39, 0.29) is 0 Å². The lowest BCUT2D eigenvalue weighted by atomic mass is 9.97. The van der Waals surface area contributed by atoms with Crippen LogP contribution < -0.4 is 9.80 Å². The van der Waals surface area contributed by atoms with Gasteiger partial charge in [0.2, 0.25) is 0 Å². The van der Waals surface area contributed by atoms with Gasteiger partial charge < -0.3 is 9.80 Å². The maximum Gasteiger partial charge on any atom is 0.169 e. The SMILES string of the molecule is C[C@@H]1CCC[C@H](C)N1c1ccc(-c2cnc3c(-c4ccnc5ccccc45)cnn3c2)cn1.C[C@@H]1CCC[C@H](C)N1c1ccc(-c2cnc3c(Br)cnn3c2)cn1. The van der Waals surface area contributed by atoms with Crippen LogP contribution in [0, 0.1) is 0 Å². The van der Waals surface area contributed by atoms with E-state index in [2.05, 4.69) is 104 Å². The van der Waals surface area contributed by atoms with Gasteiger partial charge in [-0.05, 0) is 124 Å². The lowest BCUT2D eigenvalue weighted by Gasteiger charge is -2.40. The molecule has 2 aliphatic heterocycles. The molecule has 0 N–H and O–H groups in total. The smallest absolute Gasteiger partial charge is 0.169 e. The van der Waals surface area contributed by atoms with E-state index < -0.39 is 0 Å². The van der Waals surface area contributed by atoms with Gasteiger partial charge in [-0.3, -0.25) is 4.98 Å². The van der Waals surface area contributed by atoms with Crippen molar-refractivity contribution in [1.29, 1.82) is 0 Å². The van der Waals surface area contributed by atoms with Crippen molar-refractivity contribution >= 4 is 49.8 Å². The van der Waals surface area contributed by atoms with E-state index in [0.29, 0.717) is 24.2 Å². The average Bonchev–Trinajstić information content (AvgIpc) is 3.83. The Balaban J connectivity index is 0.000000156. The minimum Gasteiger partial charge on any atom is -0.351 e. The number of rotatable bonds is 5. The summed E-state index contributed by atoms with van der Waals surface area (Å²) in [7, 11) is 0. The monoisotopic (exact) mass is 819 g/mol. The zero-order chi connectivity index (χ0) is 39.0. The number of hydrogen-bond donors (Lipinski definition) is 0. The van der Waals surface area contributed by atoms with Gasteiger partial charge in [-0.15, -0.1) is 0 Å². The molecule has 57 heavy (non-hydrogen) atoms. The first kappa shape index (κ1) is 36.9. The topological polar surface area (TPSA) is 106 Å². The lowest BCUT2D eigenvalue weighted by molar-refractivity contribution is 0.411. The molecule has 0 saturated carbocycles. The molecule has 12 heteroatoms. The van der Waals surface area contributed by atoms with Gasteiger partial charge in [-0.1, -0.05) is 18.2 Å². The molecule has 2 fully saturated rings. The molecule has 8 aromatic rings. The first-order valence-electron chi connectivity index (χ1n) is 20.0. The minimum atomic E-state index is 0.525. The largest absolute Gasteiger partial charge is 0.351 e. The van der Waals surface area contributed by atoms with Crippen LogP contribution in [0.1, 0.15) is 66.2 Å². The van der Waals surface area contributed by atoms with Crippen LogP contribution in [0.4, 0.5) is 11.6 Å². The number of hydrogen-bond acceptors (Lipinski definition) is 9. The number of para-hydroxylation sites is 1. The van der Waals surface area contributed by atoms with Crippen LogP contribution in [0.25, 0.3) is 55.6 Å². The number of halogens is 1. The molecule has 2 saturated heterocycles. The number of nitrogens with zero attached hydrogens (tertiary/aromatic N) is 11. The van der Waals surface area contributed by atoms with Crippen molar-refractivity contribution in [2.45, 2.75) is 90.4 Å². The Morgan fingerprint density at radius 1 is 0.509 bits per heavy atom. The second-order valence-electron chi connectivity index (χ2n) is 15.5. The molecule has 0 radical (unpaired) electrons. The molecule has 11 nitrogen and oxygen atoms in total. The van der Waals surface area contributed by atoms with Gasteiger partial charge in [0.1, 0.15) is 11.6 Å². The van der Waals surface area contributed by atoms with Crippen LogP contribution in [0.2, 0.25) is 0 Å². The molecular formula is C45H46BrN11. The van der Waals surface area contributed by atoms with Gasteiger partial charge in [0, 0.05) is 101 Å². The molecule has 0 amide bonds. The Morgan fingerprint density at radius 3 is 1.61 bits per heavy atom. The van der Waals surface area contributed by atoms with Crippen molar-refractivity contribution in [3.8, 4) is 33.4 Å². The van der Waals surface area contributed by atoms with Crippen LogP contribution in [0.3, 0.4) is 0 Å². The first-order chi connectivity index (χ1) is 27.8. The summed E-state index contributed by atoms with van der Waals surface area (Å²) < 4.78 is 4.53. The third-order valence-electron chi connectivity index (χ3n) is 11.7. The van der Waals surface area contributed by atoms with E-state index in [1.54, 1.807) is 10.7 Å². The van der Waals surface area contributed by atoms with Gasteiger partial charge >= 0.3 is 0 Å². The van der Waals surface area contributed by atoms with Crippen molar-refractivity contribution in [2.24, 2.45) is 0 Å². The van der Waals surface area contributed by atoms with Crippen LogP contribution in [0.5, 0.6) is 0 Å². The number of benzene rings is 1. The summed E-state index contributed by atoms with van der Waals surface area (Å²) in [6, 6.07) is 20.8. The second-order valence-corrected chi connectivity index (χ2v) is 16.4. The van der Waals surface area contributed by atoms with Crippen molar-refractivity contribution in [2.75, 3.05) is 9.80 Å². The first-order valence-corrected chi connectivity index (χ1v) is 20.8. The molecule has 7 aromatic heterocycles. The zero-order valence-electron chi connectivity index (χ0n) is 32.7. The van der Waals surface area contributed by atoms with E-state index in [1.165, 1.54) is 38.5 Å². The molecular weight excluding hydrogens is 774 g/mol. The Morgan fingerprint density at radius 2 is 1.04 bits per heavy atom. The predicted octanol–water partition coefficient (Wildman–Crippen LogP) is 10.1. The Kier molecular flexibility index (Phi) is 10.1. The fourth-order valence-corrected chi connectivity index (χ4v) is 9.08. The predicted molar refractivity (Wildman–Crippen MR) is 231 cm³/mol. The number of aromatic nitrogens is 9. The summed E-state index contributed by atoms with van der Waals surface area (Å²) in [5.41, 5.74) is 8.80. The summed E-state index contributed by atoms with van der Waals surface area (Å²) in [5.74, 6) is 2.12. The third kappa shape index (κ3) is 7.22. The molecule has 288 valence electrons. The average molecular weight is 821 g/mol. The van der Waals surface area contributed by atoms with Gasteiger partial charge in [0.05, 0.1) is 22.4 Å². The van der Waals surface area contributed by atoms with Crippen LogP contribution in [0.15, 0.2) is 115 Å². The van der Waals surface area contributed by atoms with Crippen LogP contribution >= 0.6 is 15.9 Å². The maximum atomic E-state index is 4.81. The summed E-state index contributed by atoms with van der Waals surface area (Å²) in [6.45, 7) is 9.17. The molecule has 1 aromatic carbocycles. The molecule has 0 unspecified atom stereocenters. The van der Waals surface area contributed by atoms with Crippen molar-refractivity contribution in [1.82, 2.24) is 44.1 Å². The molecule has 0 bridgehead atoms. The molecule has 0 aliphatic carbocycles. The van der Waals surface area contributed by atoms with Gasteiger partial charge in [0.15, 0.2) is 11.3 Å². The highest BCUT2D eigenvalue weighted by Crippen LogP contribution is 2.33. The summed E-state index contributed by atoms with van der Waals surface area (Å²) in [6.07, 6.45) is 24.7. The zero-order valence-corrected chi connectivity index (χ0v) is 34.3. The Hall–Kier alpha value is -5.75. The van der Waals surface area contributed by atoms with Crippen molar-refractivity contribution < 1.29 is 0 Å². The van der Waals surface area contributed by atoms with E-state index in [0.717, 1.165) is 71.7 Å². The van der Waals surface area contributed by atoms with Gasteiger partial charge in [-0.25, -0.2) is 29.0 Å². The fraction of sp³-hybridized carbons (Fsp3) is 0.311. The fourth-order valence-electron chi connectivity index (χ4n) is 8.70. The van der Waals surface area contributed by atoms with E-state index in [1.807, 2.05) is 78.4 Å². The summed E-state index contributed by atoms with van der Waals surface area (Å²) in [5, 5.41) is 10.00. The Labute approximate surface area is 341 Å². The van der Waals surface area contributed by atoms with E-state index in [9.17, 15) is 0 Å². The number of piperidine rings is 2. The number of pyridine rings is 3. The molecule has 10 rings (SSSR count). The van der Waals surface area contributed by atoms with E-state index >= 15 is 0 Å². The van der Waals surface area contributed by atoms with Crippen LogP contribution in [-0.4, -0.2) is 68.3 Å². The molecule has 9 heterocycles. The second kappa shape index (κ2) is 15.7. The molecule has 0 spiro atoms. The summed E-state index contributed by atoms with van der Waals surface area (Å²) in [4.78, 5) is 28.2. The van der Waals surface area contributed by atoms with Gasteiger partial charge in [-0.2, -0.15) is 10.2 Å². The minimum absolute atomic E-state index is 0.525. The lowest BCUT2D eigenvalue weighted by Crippen LogP contribution is -2.44. The highest BCUT2D eigenvalue weighted by molar-refractivity contribution is 9.10. The van der Waals surface area contributed by atoms with Gasteiger partial charge in [0.25, 0.3) is 0 Å². The summed E-state index contributed by atoms with van der Waals surface area (Å²) >= 11 is 3.45. The molecule has 4 atom stereocenters. The maximum absolute atomic E-state index is 4.81. The van der Waals surface area contributed by atoms with Crippen molar-refractivity contribution in [3.05, 3.63) is 115 Å². The number of anilines is 2. The number of fused-ring (bicyclic) bond motifs is 3. The Bertz CT molecular complexity index is 2630. The van der Waals surface area contributed by atoms with Crippen LogP contribution in [-0.2, 0) is 0 Å². The standard InChI is InChI=1S/C27H26N6.C18H20BrN5/c1-18-6-5-7-19(2)33(18)26-11-10-20(14-29-26)21-15-30-27-24(16-31-32(27)17-21)22-12-13-28-25-9-4-3-8-23(22)25;1-12-4-3-5-13(2)24(12)17-7-6-14(8-20-17)15-9-21-18-16(19)10-22-23(18)11-15/h3-4,8-19H,5-7H2,1-2H3;6-13H,3-5H2,1-2H3/t18-,19+;12-,13+. The van der Waals surface area contributed by atoms with Crippen molar-refractivity contribution in [3.63, 3.8) is 0 Å². The highest BCUT2D eigenvalue weighted by atomic mass is 79.9. The van der Waals surface area contributed by atoms with E-state index in [4.69, 9.17) is 15.0 Å². The quantitative estimate of drug-likeness (QED) is 0.168. The highest BCUT2D eigenvalue weighted by Gasteiger charge is 2.27. The molecule has 2 aliphatic rings. The third-order valence-corrected chi connectivity index (χ3v) is 12.2.